The molecule has 2 aliphatic heterocycles. The van der Waals surface area contributed by atoms with Crippen LogP contribution in [0.1, 0.15) is 20.8 Å². The minimum atomic E-state index is -0.808. The average Bonchev–Trinajstić information content (AvgIpc) is 2.65. The van der Waals surface area contributed by atoms with Gasteiger partial charge in [-0.05, 0) is 20.8 Å². The molecule has 18 heavy (non-hydrogen) atoms. The third kappa shape index (κ3) is 2.86. The van der Waals surface area contributed by atoms with Crippen LogP contribution < -0.4 is 0 Å². The van der Waals surface area contributed by atoms with Gasteiger partial charge in [0.15, 0.2) is 18.3 Å². The molecule has 102 valence electrons. The molecule has 0 aromatic rings. The number of nitrogens with zero attached hydrogens (tertiary/aromatic N) is 3. The van der Waals surface area contributed by atoms with E-state index in [1.165, 1.54) is 0 Å². The molecule has 2 aliphatic rings. The van der Waals surface area contributed by atoms with E-state index in [0.29, 0.717) is 18.2 Å². The van der Waals surface area contributed by atoms with Crippen LogP contribution in [0.15, 0.2) is 10.2 Å². The molecule has 0 aromatic carbocycles. The lowest BCUT2D eigenvalue weighted by Gasteiger charge is -2.28. The molecule has 2 atom stereocenters. The molecule has 2 heterocycles. The highest BCUT2D eigenvalue weighted by Gasteiger charge is 2.34. The number of aliphatic hydroxyl groups is 1. The van der Waals surface area contributed by atoms with Crippen molar-refractivity contribution in [2.45, 2.75) is 39.1 Å². The summed E-state index contributed by atoms with van der Waals surface area (Å²) in [5, 5.41) is 17.8. The second-order valence-electron chi connectivity index (χ2n) is 4.79. The molecule has 0 amide bonds. The van der Waals surface area contributed by atoms with E-state index >= 15 is 0 Å². The van der Waals surface area contributed by atoms with E-state index in [1.54, 1.807) is 18.9 Å². The Bertz CT molecular complexity index is 380. The van der Waals surface area contributed by atoms with E-state index in [9.17, 15) is 5.11 Å². The van der Waals surface area contributed by atoms with Gasteiger partial charge in [0.25, 0.3) is 0 Å². The molecule has 0 bridgehead atoms. The van der Waals surface area contributed by atoms with Gasteiger partial charge in [-0.3, -0.25) is 0 Å². The van der Waals surface area contributed by atoms with Crippen molar-refractivity contribution < 1.29 is 19.3 Å². The summed E-state index contributed by atoms with van der Waals surface area (Å²) >= 11 is 0. The molecule has 0 aliphatic carbocycles. The zero-order chi connectivity index (χ0) is 13.3. The zero-order valence-electron chi connectivity index (χ0n) is 11.1. The van der Waals surface area contributed by atoms with Crippen molar-refractivity contribution in [2.24, 2.45) is 10.2 Å². The van der Waals surface area contributed by atoms with Crippen molar-refractivity contribution in [3.63, 3.8) is 0 Å². The maximum absolute atomic E-state index is 9.95. The van der Waals surface area contributed by atoms with Gasteiger partial charge in [-0.1, -0.05) is 0 Å². The molecule has 2 unspecified atom stereocenters. The first-order valence-electron chi connectivity index (χ1n) is 5.84. The van der Waals surface area contributed by atoms with Crippen molar-refractivity contribution >= 4 is 11.5 Å². The summed E-state index contributed by atoms with van der Waals surface area (Å²) in [4.78, 5) is 1.63. The van der Waals surface area contributed by atoms with Crippen LogP contribution in [0.3, 0.4) is 0 Å². The van der Waals surface area contributed by atoms with Crippen molar-refractivity contribution in [2.75, 3.05) is 20.3 Å². The Labute approximate surface area is 106 Å². The van der Waals surface area contributed by atoms with E-state index in [2.05, 4.69) is 10.2 Å². The van der Waals surface area contributed by atoms with Crippen molar-refractivity contribution in [1.29, 1.82) is 0 Å². The number of rotatable bonds is 3. The van der Waals surface area contributed by atoms with E-state index in [-0.39, 0.29) is 6.61 Å². The first-order valence-corrected chi connectivity index (χ1v) is 5.84. The van der Waals surface area contributed by atoms with Crippen molar-refractivity contribution in [1.82, 2.24) is 4.90 Å². The van der Waals surface area contributed by atoms with Gasteiger partial charge in [-0.2, -0.15) is 5.10 Å². The molecule has 0 spiro atoms. The van der Waals surface area contributed by atoms with E-state index in [1.807, 2.05) is 13.8 Å². The van der Waals surface area contributed by atoms with Crippen LogP contribution >= 0.6 is 0 Å². The van der Waals surface area contributed by atoms with Crippen LogP contribution in [0.5, 0.6) is 0 Å². The minimum Gasteiger partial charge on any atom is -0.368 e. The molecule has 0 aromatic heterocycles. The molecule has 7 nitrogen and oxygen atoms in total. The Hall–Kier alpha value is -1.02. The molecule has 1 saturated heterocycles. The predicted octanol–water partition coefficient (Wildman–Crippen LogP) is 0.150. The summed E-state index contributed by atoms with van der Waals surface area (Å²) in [5.74, 6) is 0.0382. The maximum Gasteiger partial charge on any atom is 0.184 e. The van der Waals surface area contributed by atoms with Crippen molar-refractivity contribution in [3.8, 4) is 0 Å². The summed E-state index contributed by atoms with van der Waals surface area (Å²) in [6.45, 7) is 5.96. The van der Waals surface area contributed by atoms with Gasteiger partial charge < -0.3 is 24.2 Å². The summed E-state index contributed by atoms with van der Waals surface area (Å²) in [5.41, 5.74) is 0.455. The largest absolute Gasteiger partial charge is 0.368 e. The van der Waals surface area contributed by atoms with Crippen molar-refractivity contribution in [3.05, 3.63) is 0 Å². The fourth-order valence-electron chi connectivity index (χ4n) is 1.68. The fraction of sp³-hybridized carbons (Fsp3) is 0.818. The monoisotopic (exact) mass is 257 g/mol. The van der Waals surface area contributed by atoms with Crippen LogP contribution in [-0.2, 0) is 14.2 Å². The molecule has 1 fully saturated rings. The van der Waals surface area contributed by atoms with Crippen LogP contribution in [0.2, 0.25) is 0 Å². The molecule has 0 saturated carbocycles. The average molecular weight is 257 g/mol. The smallest absolute Gasteiger partial charge is 0.184 e. The molecule has 1 N–H and O–H groups in total. The number of amidine groups is 1. The highest BCUT2D eigenvalue weighted by molar-refractivity contribution is 5.96. The topological polar surface area (TPSA) is 75.9 Å². The summed E-state index contributed by atoms with van der Waals surface area (Å²) in [6, 6.07) is 0. The maximum atomic E-state index is 9.95. The van der Waals surface area contributed by atoms with Crippen LogP contribution in [0.25, 0.3) is 0 Å². The standard InChI is InChI=1S/C11H19N3O4/c1-7-12-13-8(10(15)14(7)4)5-16-9-6-17-11(2,3)18-9/h9-10,15H,5-6H2,1-4H3. The highest BCUT2D eigenvalue weighted by atomic mass is 16.8. The number of ether oxygens (including phenoxy) is 3. The Balaban J connectivity index is 1.88. The quantitative estimate of drug-likeness (QED) is 0.779. The molecular formula is C11H19N3O4. The number of hydrogen-bond donors (Lipinski definition) is 1. The lowest BCUT2D eigenvalue weighted by atomic mass is 10.3. The van der Waals surface area contributed by atoms with Gasteiger partial charge in [-0.15, -0.1) is 5.10 Å². The third-order valence-corrected chi connectivity index (χ3v) is 2.90. The van der Waals surface area contributed by atoms with Gasteiger partial charge in [-0.25, -0.2) is 0 Å². The highest BCUT2D eigenvalue weighted by Crippen LogP contribution is 2.23. The van der Waals surface area contributed by atoms with Crippen LogP contribution in [-0.4, -0.2) is 60.1 Å². The Kier molecular flexibility index (Phi) is 3.67. The molecular weight excluding hydrogens is 238 g/mol. The predicted molar refractivity (Wildman–Crippen MR) is 65.2 cm³/mol. The van der Waals surface area contributed by atoms with Gasteiger partial charge in [0.1, 0.15) is 18.2 Å². The second-order valence-corrected chi connectivity index (χ2v) is 4.79. The van der Waals surface area contributed by atoms with Gasteiger partial charge in [0, 0.05) is 7.05 Å². The van der Waals surface area contributed by atoms with Gasteiger partial charge in [0.05, 0.1) is 6.61 Å². The van der Waals surface area contributed by atoms with E-state index < -0.39 is 18.3 Å². The minimum absolute atomic E-state index is 0.159. The molecule has 0 radical (unpaired) electrons. The number of aliphatic hydroxyl groups excluding tert-OH is 1. The van der Waals surface area contributed by atoms with E-state index in [0.717, 1.165) is 0 Å². The first-order chi connectivity index (χ1) is 8.39. The van der Waals surface area contributed by atoms with Gasteiger partial charge >= 0.3 is 0 Å². The van der Waals surface area contributed by atoms with Crippen LogP contribution in [0, 0.1) is 0 Å². The number of hydrogen-bond acceptors (Lipinski definition) is 7. The normalized spacial score (nSPS) is 31.3. The molecule has 7 heteroatoms. The SMILES string of the molecule is CC1=NN=C(COC2COC(C)(C)O2)C(O)N1C. The second kappa shape index (κ2) is 4.93. The lowest BCUT2D eigenvalue weighted by Crippen LogP contribution is -2.45. The summed E-state index contributed by atoms with van der Waals surface area (Å²) in [6.07, 6.45) is -1.25. The van der Waals surface area contributed by atoms with Crippen LogP contribution in [0.4, 0.5) is 0 Å². The Morgan fingerprint density at radius 1 is 1.50 bits per heavy atom. The zero-order valence-corrected chi connectivity index (χ0v) is 11.1. The van der Waals surface area contributed by atoms with E-state index in [4.69, 9.17) is 14.2 Å². The Morgan fingerprint density at radius 3 is 2.83 bits per heavy atom. The summed E-state index contributed by atoms with van der Waals surface area (Å²) in [7, 11) is 1.75. The fourth-order valence-corrected chi connectivity index (χ4v) is 1.68. The Morgan fingerprint density at radius 2 is 2.22 bits per heavy atom. The summed E-state index contributed by atoms with van der Waals surface area (Å²) < 4.78 is 16.4. The van der Waals surface area contributed by atoms with Gasteiger partial charge in [0.2, 0.25) is 0 Å². The third-order valence-electron chi connectivity index (χ3n) is 2.90. The first kappa shape index (κ1) is 13.4. The molecule has 2 rings (SSSR count). The lowest BCUT2D eigenvalue weighted by molar-refractivity contribution is -0.186.